The number of hydrogen-bond acceptors (Lipinski definition) is 3. The third-order valence-electron chi connectivity index (χ3n) is 4.47. The van der Waals surface area contributed by atoms with Gasteiger partial charge in [0.15, 0.2) is 0 Å². The van der Waals surface area contributed by atoms with Gasteiger partial charge < -0.3 is 15.4 Å². The van der Waals surface area contributed by atoms with E-state index in [1.165, 1.54) is 12.1 Å². The van der Waals surface area contributed by atoms with Gasteiger partial charge in [0.1, 0.15) is 5.75 Å². The van der Waals surface area contributed by atoms with E-state index in [1.54, 1.807) is 48.5 Å². The van der Waals surface area contributed by atoms with E-state index in [0.29, 0.717) is 29.3 Å². The number of hydrogen-bond donors (Lipinski definition) is 2. The number of amides is 2. The normalized spacial score (nSPS) is 11.0. The molecule has 3 rings (SSSR count). The van der Waals surface area contributed by atoms with Crippen molar-refractivity contribution in [2.24, 2.45) is 0 Å². The standard InChI is InChI=1S/C24H21F3N2O3/c1-2-32-21-12-10-20(11-13-21)29-23(31)17-6-8-19(9-7-17)28-22(30)15-16-4-3-5-18(14-16)24(25,26)27/h3-14H,2,15H2,1H3,(H,28,30)(H,29,31). The van der Waals surface area contributed by atoms with E-state index < -0.39 is 17.6 Å². The van der Waals surface area contributed by atoms with Crippen molar-refractivity contribution in [2.75, 3.05) is 17.2 Å². The Balaban J connectivity index is 1.57. The first-order valence-corrected chi connectivity index (χ1v) is 9.85. The molecule has 166 valence electrons. The van der Waals surface area contributed by atoms with E-state index in [0.717, 1.165) is 12.1 Å². The Hall–Kier alpha value is -3.81. The maximum atomic E-state index is 12.8. The number of alkyl halides is 3. The maximum Gasteiger partial charge on any atom is 0.416 e. The van der Waals surface area contributed by atoms with Crippen molar-refractivity contribution in [3.63, 3.8) is 0 Å². The summed E-state index contributed by atoms with van der Waals surface area (Å²) in [5.41, 5.74) is 0.876. The van der Waals surface area contributed by atoms with Gasteiger partial charge in [-0.1, -0.05) is 18.2 Å². The summed E-state index contributed by atoms with van der Waals surface area (Å²) in [6, 6.07) is 17.8. The van der Waals surface area contributed by atoms with Crippen LogP contribution in [0.3, 0.4) is 0 Å². The minimum atomic E-state index is -4.46. The molecule has 0 saturated carbocycles. The van der Waals surface area contributed by atoms with Gasteiger partial charge in [-0.3, -0.25) is 9.59 Å². The van der Waals surface area contributed by atoms with Gasteiger partial charge in [-0.2, -0.15) is 13.2 Å². The predicted octanol–water partition coefficient (Wildman–Crippen LogP) is 5.54. The van der Waals surface area contributed by atoms with E-state index in [-0.39, 0.29) is 17.9 Å². The molecule has 5 nitrogen and oxygen atoms in total. The Morgan fingerprint density at radius 1 is 0.875 bits per heavy atom. The Morgan fingerprint density at radius 3 is 2.12 bits per heavy atom. The van der Waals surface area contributed by atoms with Gasteiger partial charge in [0.05, 0.1) is 18.6 Å². The highest BCUT2D eigenvalue weighted by molar-refractivity contribution is 6.04. The highest BCUT2D eigenvalue weighted by Crippen LogP contribution is 2.29. The monoisotopic (exact) mass is 442 g/mol. The van der Waals surface area contributed by atoms with Crippen LogP contribution in [0.2, 0.25) is 0 Å². The molecule has 0 radical (unpaired) electrons. The highest BCUT2D eigenvalue weighted by Gasteiger charge is 2.30. The molecule has 2 amide bonds. The Labute approximate surface area is 183 Å². The second-order valence-corrected chi connectivity index (χ2v) is 6.91. The summed E-state index contributed by atoms with van der Waals surface area (Å²) < 4.78 is 43.8. The summed E-state index contributed by atoms with van der Waals surface area (Å²) in [7, 11) is 0. The second kappa shape index (κ2) is 10.00. The van der Waals surface area contributed by atoms with Crippen LogP contribution in [0.5, 0.6) is 5.75 Å². The maximum absolute atomic E-state index is 12.8. The van der Waals surface area contributed by atoms with Crippen LogP contribution >= 0.6 is 0 Å². The molecule has 0 heterocycles. The van der Waals surface area contributed by atoms with Crippen molar-refractivity contribution >= 4 is 23.2 Å². The molecule has 0 saturated heterocycles. The summed E-state index contributed by atoms with van der Waals surface area (Å²) in [4.78, 5) is 24.6. The number of ether oxygens (including phenoxy) is 1. The molecule has 32 heavy (non-hydrogen) atoms. The van der Waals surface area contributed by atoms with Crippen LogP contribution in [0.15, 0.2) is 72.8 Å². The number of carbonyl (C=O) groups excluding carboxylic acids is 2. The molecule has 0 bridgehead atoms. The number of benzene rings is 3. The molecule has 0 unspecified atom stereocenters. The zero-order valence-corrected chi connectivity index (χ0v) is 17.2. The molecule has 0 atom stereocenters. The summed E-state index contributed by atoms with van der Waals surface area (Å²) in [6.45, 7) is 2.43. The quantitative estimate of drug-likeness (QED) is 0.505. The minimum Gasteiger partial charge on any atom is -0.494 e. The van der Waals surface area contributed by atoms with Gasteiger partial charge in [0, 0.05) is 16.9 Å². The lowest BCUT2D eigenvalue weighted by atomic mass is 10.1. The van der Waals surface area contributed by atoms with Crippen molar-refractivity contribution < 1.29 is 27.5 Å². The number of rotatable bonds is 7. The van der Waals surface area contributed by atoms with Crippen LogP contribution in [0.4, 0.5) is 24.5 Å². The molecule has 8 heteroatoms. The van der Waals surface area contributed by atoms with Crippen molar-refractivity contribution in [2.45, 2.75) is 19.5 Å². The van der Waals surface area contributed by atoms with E-state index in [4.69, 9.17) is 4.74 Å². The predicted molar refractivity (Wildman–Crippen MR) is 116 cm³/mol. The Morgan fingerprint density at radius 2 is 1.50 bits per heavy atom. The van der Waals surface area contributed by atoms with Crippen LogP contribution in [-0.4, -0.2) is 18.4 Å². The summed E-state index contributed by atoms with van der Waals surface area (Å²) in [5.74, 6) is -0.0809. The van der Waals surface area contributed by atoms with E-state index in [9.17, 15) is 22.8 Å². The molecule has 0 aromatic heterocycles. The first-order chi connectivity index (χ1) is 15.2. The van der Waals surface area contributed by atoms with Gasteiger partial charge in [0.25, 0.3) is 5.91 Å². The third-order valence-corrected chi connectivity index (χ3v) is 4.47. The van der Waals surface area contributed by atoms with Crippen LogP contribution in [0.25, 0.3) is 0 Å². The van der Waals surface area contributed by atoms with E-state index >= 15 is 0 Å². The lowest BCUT2D eigenvalue weighted by molar-refractivity contribution is -0.137. The summed E-state index contributed by atoms with van der Waals surface area (Å²) >= 11 is 0. The van der Waals surface area contributed by atoms with Gasteiger partial charge >= 0.3 is 6.18 Å². The Bertz CT molecular complexity index is 1080. The molecule has 0 aliphatic heterocycles. The fourth-order valence-corrected chi connectivity index (χ4v) is 2.96. The number of halogens is 3. The summed E-state index contributed by atoms with van der Waals surface area (Å²) in [6.07, 6.45) is -4.67. The smallest absolute Gasteiger partial charge is 0.416 e. The van der Waals surface area contributed by atoms with E-state index in [2.05, 4.69) is 10.6 Å². The van der Waals surface area contributed by atoms with Crippen LogP contribution in [0.1, 0.15) is 28.4 Å². The SMILES string of the molecule is CCOc1ccc(NC(=O)c2ccc(NC(=O)Cc3cccc(C(F)(F)F)c3)cc2)cc1. The molecular formula is C24H21F3N2O3. The first kappa shape index (κ1) is 22.9. The summed E-state index contributed by atoms with van der Waals surface area (Å²) in [5, 5.41) is 5.38. The first-order valence-electron chi connectivity index (χ1n) is 9.85. The van der Waals surface area contributed by atoms with Crippen molar-refractivity contribution in [1.29, 1.82) is 0 Å². The van der Waals surface area contributed by atoms with Gasteiger partial charge in [-0.15, -0.1) is 0 Å². The fraction of sp³-hybridized carbons (Fsp3) is 0.167. The van der Waals surface area contributed by atoms with Crippen molar-refractivity contribution in [3.05, 3.63) is 89.5 Å². The second-order valence-electron chi connectivity index (χ2n) is 6.91. The van der Waals surface area contributed by atoms with Crippen LogP contribution < -0.4 is 15.4 Å². The van der Waals surface area contributed by atoms with Crippen LogP contribution in [-0.2, 0) is 17.4 Å². The van der Waals surface area contributed by atoms with Gasteiger partial charge in [-0.05, 0) is 67.1 Å². The average Bonchev–Trinajstić information content (AvgIpc) is 2.75. The number of carbonyl (C=O) groups is 2. The lowest BCUT2D eigenvalue weighted by Gasteiger charge is -2.10. The molecule has 3 aromatic rings. The zero-order chi connectivity index (χ0) is 23.1. The molecule has 0 aliphatic carbocycles. The van der Waals surface area contributed by atoms with Crippen LogP contribution in [0, 0.1) is 0 Å². The zero-order valence-electron chi connectivity index (χ0n) is 17.2. The number of nitrogens with one attached hydrogen (secondary N) is 2. The third kappa shape index (κ3) is 6.34. The highest BCUT2D eigenvalue weighted by atomic mass is 19.4. The van der Waals surface area contributed by atoms with E-state index in [1.807, 2.05) is 6.92 Å². The molecule has 2 N–H and O–H groups in total. The molecule has 0 aliphatic rings. The molecule has 0 fully saturated rings. The fourth-order valence-electron chi connectivity index (χ4n) is 2.96. The molecule has 0 spiro atoms. The topological polar surface area (TPSA) is 67.4 Å². The van der Waals surface area contributed by atoms with Crippen molar-refractivity contribution in [1.82, 2.24) is 0 Å². The average molecular weight is 442 g/mol. The lowest BCUT2D eigenvalue weighted by Crippen LogP contribution is -2.16. The largest absolute Gasteiger partial charge is 0.494 e. The Kier molecular flexibility index (Phi) is 7.14. The number of anilines is 2. The van der Waals surface area contributed by atoms with Gasteiger partial charge in [0.2, 0.25) is 5.91 Å². The molecular weight excluding hydrogens is 421 g/mol. The van der Waals surface area contributed by atoms with Gasteiger partial charge in [-0.25, -0.2) is 0 Å². The minimum absolute atomic E-state index is 0.204. The molecule has 3 aromatic carbocycles. The van der Waals surface area contributed by atoms with Crippen molar-refractivity contribution in [3.8, 4) is 5.75 Å².